The standard InChI is InChI=1S/C24H33N3O3/c1-17-12-18(2)24(19(3)13-17)25-23(28)16-27-10-8-26(9-11-27)15-20-6-7-21(29-4)22(14-20)30-5/h6-7,12-14H,8-11,15-16H2,1-5H3,(H,25,28)/p+2. The van der Waals surface area contributed by atoms with Crippen molar-refractivity contribution >= 4 is 11.6 Å². The van der Waals surface area contributed by atoms with Crippen LogP contribution in [0.5, 0.6) is 11.5 Å². The molecular weight excluding hydrogens is 378 g/mol. The van der Waals surface area contributed by atoms with Crippen molar-refractivity contribution in [3.05, 3.63) is 52.6 Å². The Kier molecular flexibility index (Phi) is 7.34. The van der Waals surface area contributed by atoms with Crippen molar-refractivity contribution in [2.45, 2.75) is 27.3 Å². The molecule has 1 amide bonds. The van der Waals surface area contributed by atoms with Crippen molar-refractivity contribution in [1.82, 2.24) is 0 Å². The first kappa shape index (κ1) is 22.1. The van der Waals surface area contributed by atoms with E-state index in [1.54, 1.807) is 14.2 Å². The van der Waals surface area contributed by atoms with E-state index in [9.17, 15) is 4.79 Å². The maximum atomic E-state index is 12.6. The molecule has 0 saturated carbocycles. The number of ether oxygens (including phenoxy) is 2. The topological polar surface area (TPSA) is 56.4 Å². The lowest BCUT2D eigenvalue weighted by atomic mass is 10.1. The minimum Gasteiger partial charge on any atom is -0.493 e. The Balaban J connectivity index is 1.49. The fourth-order valence-corrected chi connectivity index (χ4v) is 4.38. The van der Waals surface area contributed by atoms with Gasteiger partial charge in [-0.3, -0.25) is 4.79 Å². The Labute approximate surface area is 179 Å². The predicted octanol–water partition coefficient (Wildman–Crippen LogP) is 0.551. The van der Waals surface area contributed by atoms with Crippen LogP contribution in [0, 0.1) is 20.8 Å². The predicted molar refractivity (Wildman–Crippen MR) is 119 cm³/mol. The number of amides is 1. The Bertz CT molecular complexity index is 866. The first-order valence-corrected chi connectivity index (χ1v) is 10.7. The third-order valence-electron chi connectivity index (χ3n) is 5.92. The van der Waals surface area contributed by atoms with Gasteiger partial charge in [-0.05, 0) is 50.1 Å². The molecule has 162 valence electrons. The van der Waals surface area contributed by atoms with Crippen molar-refractivity contribution < 1.29 is 24.1 Å². The molecule has 1 aliphatic rings. The van der Waals surface area contributed by atoms with Gasteiger partial charge in [0.1, 0.15) is 32.7 Å². The van der Waals surface area contributed by atoms with E-state index >= 15 is 0 Å². The third kappa shape index (κ3) is 5.52. The molecule has 0 spiro atoms. The second-order valence-corrected chi connectivity index (χ2v) is 8.36. The lowest BCUT2D eigenvalue weighted by Gasteiger charge is -2.29. The van der Waals surface area contributed by atoms with Gasteiger partial charge in [0.15, 0.2) is 18.0 Å². The molecule has 3 rings (SSSR count). The van der Waals surface area contributed by atoms with Gasteiger partial charge < -0.3 is 24.6 Å². The maximum Gasteiger partial charge on any atom is 0.279 e. The van der Waals surface area contributed by atoms with Gasteiger partial charge >= 0.3 is 0 Å². The molecule has 1 saturated heterocycles. The average Bonchev–Trinajstić information content (AvgIpc) is 2.72. The SMILES string of the molecule is COc1ccc(C[NH+]2CC[NH+](CC(=O)Nc3c(C)cc(C)cc3C)CC2)cc1OC. The van der Waals surface area contributed by atoms with Crippen molar-refractivity contribution in [2.75, 3.05) is 52.3 Å². The normalized spacial score (nSPS) is 18.7. The average molecular weight is 414 g/mol. The van der Waals surface area contributed by atoms with Gasteiger partial charge in [-0.1, -0.05) is 17.7 Å². The summed E-state index contributed by atoms with van der Waals surface area (Å²) in [6.07, 6.45) is 0. The minimum atomic E-state index is 0.100. The largest absolute Gasteiger partial charge is 0.493 e. The van der Waals surface area contributed by atoms with Crippen LogP contribution in [-0.4, -0.2) is 52.9 Å². The van der Waals surface area contributed by atoms with Gasteiger partial charge in [0.05, 0.1) is 14.2 Å². The Morgan fingerprint density at radius 3 is 2.10 bits per heavy atom. The van der Waals surface area contributed by atoms with Gasteiger partial charge in [0.2, 0.25) is 0 Å². The molecule has 0 radical (unpaired) electrons. The number of anilines is 1. The number of hydrogen-bond donors (Lipinski definition) is 3. The van der Waals surface area contributed by atoms with Crippen LogP contribution in [0.2, 0.25) is 0 Å². The van der Waals surface area contributed by atoms with Crippen molar-refractivity contribution in [2.24, 2.45) is 0 Å². The minimum absolute atomic E-state index is 0.100. The molecule has 30 heavy (non-hydrogen) atoms. The summed E-state index contributed by atoms with van der Waals surface area (Å²) in [6.45, 7) is 11.8. The van der Waals surface area contributed by atoms with E-state index in [2.05, 4.69) is 50.4 Å². The first-order valence-electron chi connectivity index (χ1n) is 10.7. The van der Waals surface area contributed by atoms with E-state index in [1.165, 1.54) is 20.9 Å². The Morgan fingerprint density at radius 1 is 0.900 bits per heavy atom. The summed E-state index contributed by atoms with van der Waals surface area (Å²) in [5, 5.41) is 3.14. The summed E-state index contributed by atoms with van der Waals surface area (Å²) >= 11 is 0. The number of rotatable bonds is 7. The fraction of sp³-hybridized carbons (Fsp3) is 0.458. The molecule has 2 aromatic rings. The van der Waals surface area contributed by atoms with Crippen LogP contribution in [0.25, 0.3) is 0 Å². The highest BCUT2D eigenvalue weighted by molar-refractivity contribution is 5.93. The smallest absolute Gasteiger partial charge is 0.279 e. The number of piperazine rings is 1. The van der Waals surface area contributed by atoms with E-state index in [-0.39, 0.29) is 5.91 Å². The van der Waals surface area contributed by atoms with Crippen molar-refractivity contribution in [3.63, 3.8) is 0 Å². The molecule has 1 aliphatic heterocycles. The zero-order valence-electron chi connectivity index (χ0n) is 18.9. The molecule has 0 bridgehead atoms. The molecule has 0 atom stereocenters. The van der Waals surface area contributed by atoms with Crippen LogP contribution in [0.4, 0.5) is 5.69 Å². The van der Waals surface area contributed by atoms with E-state index in [0.29, 0.717) is 6.54 Å². The number of carbonyl (C=O) groups excluding carboxylic acids is 1. The van der Waals surface area contributed by atoms with E-state index in [4.69, 9.17) is 9.47 Å². The number of benzene rings is 2. The molecule has 6 heteroatoms. The number of hydrogen-bond acceptors (Lipinski definition) is 3. The highest BCUT2D eigenvalue weighted by Gasteiger charge is 2.25. The summed E-state index contributed by atoms with van der Waals surface area (Å²) in [7, 11) is 3.32. The molecule has 0 unspecified atom stereocenters. The first-order chi connectivity index (χ1) is 14.4. The van der Waals surface area contributed by atoms with Crippen LogP contribution in [-0.2, 0) is 11.3 Å². The summed E-state index contributed by atoms with van der Waals surface area (Å²) in [4.78, 5) is 15.5. The molecule has 1 fully saturated rings. The van der Waals surface area contributed by atoms with E-state index in [0.717, 1.165) is 61.0 Å². The second kappa shape index (κ2) is 9.96. The van der Waals surface area contributed by atoms with Crippen LogP contribution in [0.1, 0.15) is 22.3 Å². The lowest BCUT2D eigenvalue weighted by Crippen LogP contribution is -3.28. The number of methoxy groups -OCH3 is 2. The monoisotopic (exact) mass is 413 g/mol. The lowest BCUT2D eigenvalue weighted by molar-refractivity contribution is -1.02. The molecule has 3 N–H and O–H groups in total. The fourth-order valence-electron chi connectivity index (χ4n) is 4.38. The maximum absolute atomic E-state index is 12.6. The van der Waals surface area contributed by atoms with Gasteiger partial charge in [0, 0.05) is 11.3 Å². The molecule has 6 nitrogen and oxygen atoms in total. The summed E-state index contributed by atoms with van der Waals surface area (Å²) in [5.74, 6) is 1.64. The molecule has 0 aliphatic carbocycles. The van der Waals surface area contributed by atoms with Crippen LogP contribution >= 0.6 is 0 Å². The number of quaternary nitrogens is 2. The van der Waals surface area contributed by atoms with E-state index in [1.807, 2.05) is 6.07 Å². The Morgan fingerprint density at radius 2 is 1.50 bits per heavy atom. The number of carbonyl (C=O) groups is 1. The molecule has 0 aromatic heterocycles. The van der Waals surface area contributed by atoms with Gasteiger partial charge in [0.25, 0.3) is 5.91 Å². The van der Waals surface area contributed by atoms with Crippen molar-refractivity contribution in [3.8, 4) is 11.5 Å². The zero-order chi connectivity index (χ0) is 21.7. The van der Waals surface area contributed by atoms with Gasteiger partial charge in [-0.2, -0.15) is 0 Å². The number of aryl methyl sites for hydroxylation is 3. The second-order valence-electron chi connectivity index (χ2n) is 8.36. The van der Waals surface area contributed by atoms with E-state index < -0.39 is 0 Å². The molecular formula is C24H35N3O3+2. The van der Waals surface area contributed by atoms with Gasteiger partial charge in [-0.25, -0.2) is 0 Å². The quantitative estimate of drug-likeness (QED) is 0.622. The molecule has 2 aromatic carbocycles. The summed E-state index contributed by atoms with van der Waals surface area (Å²) < 4.78 is 10.7. The summed E-state index contributed by atoms with van der Waals surface area (Å²) in [5.41, 5.74) is 5.68. The zero-order valence-corrected chi connectivity index (χ0v) is 18.9. The van der Waals surface area contributed by atoms with Gasteiger partial charge in [-0.15, -0.1) is 0 Å². The van der Waals surface area contributed by atoms with Crippen LogP contribution in [0.3, 0.4) is 0 Å². The summed E-state index contributed by atoms with van der Waals surface area (Å²) in [6, 6.07) is 10.4. The van der Waals surface area contributed by atoms with Crippen LogP contribution < -0.4 is 24.6 Å². The molecule has 1 heterocycles. The highest BCUT2D eigenvalue weighted by atomic mass is 16.5. The third-order valence-corrected chi connectivity index (χ3v) is 5.92. The van der Waals surface area contributed by atoms with Crippen LogP contribution in [0.15, 0.2) is 30.3 Å². The highest BCUT2D eigenvalue weighted by Crippen LogP contribution is 2.27. The van der Waals surface area contributed by atoms with Crippen molar-refractivity contribution in [1.29, 1.82) is 0 Å². The number of nitrogens with one attached hydrogen (secondary N) is 3. The Hall–Kier alpha value is -2.57.